The van der Waals surface area contributed by atoms with Crippen LogP contribution in [-0.4, -0.2) is 42.2 Å². The minimum atomic E-state index is -0.188. The molecular formula is C12H24N2OS. The Kier molecular flexibility index (Phi) is 5.12. The number of likely N-dealkylation sites (tertiary alicyclic amines) is 1. The Morgan fingerprint density at radius 2 is 2.12 bits per heavy atom. The van der Waals surface area contributed by atoms with Gasteiger partial charge in [-0.25, -0.2) is 0 Å². The molecular weight excluding hydrogens is 220 g/mol. The summed E-state index contributed by atoms with van der Waals surface area (Å²) in [4.78, 5) is 14.2. The monoisotopic (exact) mass is 244 g/mol. The van der Waals surface area contributed by atoms with Gasteiger partial charge in [-0.1, -0.05) is 20.8 Å². The first kappa shape index (κ1) is 13.8. The molecule has 16 heavy (non-hydrogen) atoms. The average Bonchev–Trinajstić information content (AvgIpc) is 2.20. The number of rotatable bonds is 3. The second-order valence-electron chi connectivity index (χ2n) is 5.33. The van der Waals surface area contributed by atoms with Crippen molar-refractivity contribution in [2.45, 2.75) is 38.5 Å². The van der Waals surface area contributed by atoms with Gasteiger partial charge in [0.25, 0.3) is 0 Å². The largest absolute Gasteiger partial charge is 0.352 e. The van der Waals surface area contributed by atoms with Crippen molar-refractivity contribution in [3.63, 3.8) is 0 Å². The van der Waals surface area contributed by atoms with Gasteiger partial charge in [0, 0.05) is 12.6 Å². The molecule has 1 heterocycles. The lowest BCUT2D eigenvalue weighted by Crippen LogP contribution is -2.51. The van der Waals surface area contributed by atoms with E-state index in [9.17, 15) is 4.79 Å². The van der Waals surface area contributed by atoms with E-state index >= 15 is 0 Å². The summed E-state index contributed by atoms with van der Waals surface area (Å²) in [5.41, 5.74) is 0. The zero-order valence-corrected chi connectivity index (χ0v) is 11.6. The van der Waals surface area contributed by atoms with E-state index in [2.05, 4.69) is 36.8 Å². The molecule has 0 aromatic carbocycles. The number of amides is 1. The van der Waals surface area contributed by atoms with Gasteiger partial charge in [0.15, 0.2) is 0 Å². The van der Waals surface area contributed by atoms with Gasteiger partial charge >= 0.3 is 0 Å². The molecule has 1 aliphatic rings. The Hall–Kier alpha value is -0.220. The van der Waals surface area contributed by atoms with Crippen LogP contribution < -0.4 is 5.32 Å². The minimum Gasteiger partial charge on any atom is -0.352 e. The first-order valence-corrected chi connectivity index (χ1v) is 6.60. The molecule has 3 nitrogen and oxygen atoms in total. The lowest BCUT2D eigenvalue weighted by molar-refractivity contribution is -0.122. The zero-order valence-electron chi connectivity index (χ0n) is 10.7. The molecule has 1 N–H and O–H groups in total. The molecule has 1 rings (SSSR count). The number of thiol groups is 1. The minimum absolute atomic E-state index is 0.0831. The smallest absolute Gasteiger partial charge is 0.233 e. The van der Waals surface area contributed by atoms with E-state index in [0.717, 1.165) is 19.5 Å². The molecule has 0 radical (unpaired) electrons. The number of carbonyl (C=O) groups is 1. The quantitative estimate of drug-likeness (QED) is 0.736. The molecule has 0 spiro atoms. The number of piperidine rings is 1. The third kappa shape index (κ3) is 3.67. The van der Waals surface area contributed by atoms with Crippen LogP contribution in [0.2, 0.25) is 0 Å². The van der Waals surface area contributed by atoms with Gasteiger partial charge in [0.2, 0.25) is 5.91 Å². The lowest BCUT2D eigenvalue weighted by Gasteiger charge is -2.35. The molecule has 4 heteroatoms. The van der Waals surface area contributed by atoms with E-state index in [1.54, 1.807) is 0 Å². The SMILES string of the molecule is CC(C)C(S)C(=O)NC1CCN(C)CC1C. The van der Waals surface area contributed by atoms with E-state index < -0.39 is 0 Å². The average molecular weight is 244 g/mol. The second kappa shape index (κ2) is 5.92. The summed E-state index contributed by atoms with van der Waals surface area (Å²) < 4.78 is 0. The fourth-order valence-electron chi connectivity index (χ4n) is 2.14. The standard InChI is InChI=1S/C12H24N2OS/c1-8(2)11(16)12(15)13-10-5-6-14(4)7-9(10)3/h8-11,16H,5-7H2,1-4H3,(H,13,15). The molecule has 94 valence electrons. The maximum absolute atomic E-state index is 11.9. The zero-order chi connectivity index (χ0) is 12.3. The summed E-state index contributed by atoms with van der Waals surface area (Å²) >= 11 is 4.34. The number of nitrogens with zero attached hydrogens (tertiary/aromatic N) is 1. The van der Waals surface area contributed by atoms with E-state index in [4.69, 9.17) is 0 Å². The summed E-state index contributed by atoms with van der Waals surface area (Å²) in [7, 11) is 2.13. The first-order valence-electron chi connectivity index (χ1n) is 6.08. The summed E-state index contributed by atoms with van der Waals surface area (Å²) in [5, 5.41) is 2.94. The highest BCUT2D eigenvalue weighted by molar-refractivity contribution is 7.81. The van der Waals surface area contributed by atoms with Crippen molar-refractivity contribution >= 4 is 18.5 Å². The van der Waals surface area contributed by atoms with Gasteiger partial charge in [0.05, 0.1) is 5.25 Å². The molecule has 0 bridgehead atoms. The van der Waals surface area contributed by atoms with Gasteiger partial charge in [-0.2, -0.15) is 12.6 Å². The molecule has 3 atom stereocenters. The van der Waals surface area contributed by atoms with Crippen LogP contribution in [-0.2, 0) is 4.79 Å². The highest BCUT2D eigenvalue weighted by Crippen LogP contribution is 2.17. The molecule has 0 aromatic rings. The Morgan fingerprint density at radius 3 is 2.62 bits per heavy atom. The predicted molar refractivity (Wildman–Crippen MR) is 70.8 cm³/mol. The van der Waals surface area contributed by atoms with Gasteiger partial charge in [-0.05, 0) is 31.8 Å². The highest BCUT2D eigenvalue weighted by Gasteiger charge is 2.27. The molecule has 1 amide bonds. The molecule has 1 fully saturated rings. The van der Waals surface area contributed by atoms with E-state index in [-0.39, 0.29) is 17.1 Å². The van der Waals surface area contributed by atoms with Crippen molar-refractivity contribution in [1.29, 1.82) is 0 Å². The van der Waals surface area contributed by atoms with Crippen molar-refractivity contribution in [3.05, 3.63) is 0 Å². The molecule has 0 saturated carbocycles. The van der Waals surface area contributed by atoms with Crippen molar-refractivity contribution < 1.29 is 4.79 Å². The van der Waals surface area contributed by atoms with Crippen molar-refractivity contribution in [2.24, 2.45) is 11.8 Å². The normalized spacial score (nSPS) is 29.1. The van der Waals surface area contributed by atoms with Crippen LogP contribution in [0.3, 0.4) is 0 Å². The molecule has 3 unspecified atom stereocenters. The predicted octanol–water partition coefficient (Wildman–Crippen LogP) is 1.40. The fourth-order valence-corrected chi connectivity index (χ4v) is 2.21. The van der Waals surface area contributed by atoms with Crippen molar-refractivity contribution in [3.8, 4) is 0 Å². The third-order valence-electron chi connectivity index (χ3n) is 3.34. The van der Waals surface area contributed by atoms with Crippen molar-refractivity contribution in [1.82, 2.24) is 10.2 Å². The van der Waals surface area contributed by atoms with Gasteiger partial charge in [-0.15, -0.1) is 0 Å². The molecule has 1 aliphatic heterocycles. The third-order valence-corrected chi connectivity index (χ3v) is 4.17. The highest BCUT2D eigenvalue weighted by atomic mass is 32.1. The fraction of sp³-hybridized carbons (Fsp3) is 0.917. The Bertz CT molecular complexity index is 245. The van der Waals surface area contributed by atoms with Crippen LogP contribution in [0.5, 0.6) is 0 Å². The van der Waals surface area contributed by atoms with E-state index in [0.29, 0.717) is 12.0 Å². The summed E-state index contributed by atoms with van der Waals surface area (Å²) in [6.45, 7) is 8.37. The van der Waals surface area contributed by atoms with Crippen LogP contribution in [0.25, 0.3) is 0 Å². The van der Waals surface area contributed by atoms with Crippen molar-refractivity contribution in [2.75, 3.05) is 20.1 Å². The number of hydrogen-bond acceptors (Lipinski definition) is 3. The lowest BCUT2D eigenvalue weighted by atomic mass is 9.94. The Labute approximate surface area is 104 Å². The number of nitrogens with one attached hydrogen (secondary N) is 1. The molecule has 0 aromatic heterocycles. The molecule has 0 aliphatic carbocycles. The maximum atomic E-state index is 11.9. The summed E-state index contributed by atoms with van der Waals surface area (Å²) in [5.74, 6) is 0.889. The van der Waals surface area contributed by atoms with Crippen LogP contribution in [0.4, 0.5) is 0 Å². The van der Waals surface area contributed by atoms with Crippen LogP contribution in [0.15, 0.2) is 0 Å². The molecule has 1 saturated heterocycles. The Morgan fingerprint density at radius 1 is 1.50 bits per heavy atom. The maximum Gasteiger partial charge on any atom is 0.233 e. The van der Waals surface area contributed by atoms with Crippen LogP contribution >= 0.6 is 12.6 Å². The van der Waals surface area contributed by atoms with Crippen LogP contribution in [0, 0.1) is 11.8 Å². The summed E-state index contributed by atoms with van der Waals surface area (Å²) in [6, 6.07) is 0.317. The van der Waals surface area contributed by atoms with Gasteiger partial charge in [0.1, 0.15) is 0 Å². The van der Waals surface area contributed by atoms with E-state index in [1.807, 2.05) is 13.8 Å². The Balaban J connectivity index is 2.45. The summed E-state index contributed by atoms with van der Waals surface area (Å²) in [6.07, 6.45) is 1.04. The number of hydrogen-bond donors (Lipinski definition) is 2. The van der Waals surface area contributed by atoms with Crippen LogP contribution in [0.1, 0.15) is 27.2 Å². The van der Waals surface area contributed by atoms with Gasteiger partial charge in [-0.3, -0.25) is 4.79 Å². The first-order chi connectivity index (χ1) is 7.41. The second-order valence-corrected chi connectivity index (χ2v) is 5.89. The van der Waals surface area contributed by atoms with Gasteiger partial charge < -0.3 is 10.2 Å². The van der Waals surface area contributed by atoms with E-state index in [1.165, 1.54) is 0 Å². The number of carbonyl (C=O) groups excluding carboxylic acids is 1. The topological polar surface area (TPSA) is 32.3 Å².